The van der Waals surface area contributed by atoms with Gasteiger partial charge in [-0.25, -0.2) is 0 Å². The number of alkyl halides is 2. The Balaban J connectivity index is 1.42. The van der Waals surface area contributed by atoms with Gasteiger partial charge in [-0.3, -0.25) is 19.3 Å². The first kappa shape index (κ1) is 22.8. The zero-order valence-electron chi connectivity index (χ0n) is 18.6. The van der Waals surface area contributed by atoms with E-state index in [1.807, 2.05) is 18.2 Å². The molecular formula is C26H26Br2N2O3. The van der Waals surface area contributed by atoms with Crippen molar-refractivity contribution >= 4 is 61.0 Å². The second kappa shape index (κ2) is 8.66. The van der Waals surface area contributed by atoms with Crippen molar-refractivity contribution in [3.05, 3.63) is 59.2 Å². The number of hydrogen-bond donors (Lipinski definition) is 1. The van der Waals surface area contributed by atoms with Crippen molar-refractivity contribution < 1.29 is 14.4 Å². The van der Waals surface area contributed by atoms with Crippen LogP contribution >= 0.6 is 31.9 Å². The zero-order chi connectivity index (χ0) is 23.4. The molecule has 6 atom stereocenters. The molecule has 1 aliphatic heterocycles. The van der Waals surface area contributed by atoms with Gasteiger partial charge >= 0.3 is 0 Å². The van der Waals surface area contributed by atoms with Gasteiger partial charge in [0.2, 0.25) is 11.8 Å². The molecular weight excluding hydrogens is 548 g/mol. The lowest BCUT2D eigenvalue weighted by Crippen LogP contribution is -2.37. The largest absolute Gasteiger partial charge is 0.321 e. The molecule has 0 radical (unpaired) electrons. The number of para-hydroxylation sites is 1. The van der Waals surface area contributed by atoms with E-state index >= 15 is 0 Å². The molecule has 1 saturated heterocycles. The summed E-state index contributed by atoms with van der Waals surface area (Å²) >= 11 is 7.45. The van der Waals surface area contributed by atoms with E-state index in [9.17, 15) is 14.4 Å². The maximum Gasteiger partial charge on any atom is 0.255 e. The number of halogens is 2. The average Bonchev–Trinajstić information content (AvgIpc) is 3.44. The Labute approximate surface area is 210 Å². The van der Waals surface area contributed by atoms with Gasteiger partial charge in [0.25, 0.3) is 5.91 Å². The highest BCUT2D eigenvalue weighted by atomic mass is 79.9. The number of carbonyl (C=O) groups excluding carboxylic acids is 3. The number of aryl methyl sites for hydroxylation is 2. The number of carbonyl (C=O) groups is 3. The van der Waals surface area contributed by atoms with Crippen molar-refractivity contribution in [1.82, 2.24) is 0 Å². The Morgan fingerprint density at radius 2 is 1.48 bits per heavy atom. The number of rotatable bonds is 5. The molecule has 2 aromatic rings. The topological polar surface area (TPSA) is 66.5 Å². The quantitative estimate of drug-likeness (QED) is 0.387. The summed E-state index contributed by atoms with van der Waals surface area (Å²) in [5.74, 6) is -0.742. The van der Waals surface area contributed by atoms with E-state index in [0.29, 0.717) is 11.3 Å². The van der Waals surface area contributed by atoms with Gasteiger partial charge in [-0.15, -0.1) is 0 Å². The molecule has 5 nitrogen and oxygen atoms in total. The van der Waals surface area contributed by atoms with E-state index in [-0.39, 0.29) is 51.0 Å². The summed E-state index contributed by atoms with van der Waals surface area (Å²) < 4.78 is 0. The van der Waals surface area contributed by atoms with Crippen molar-refractivity contribution in [3.63, 3.8) is 0 Å². The molecule has 2 saturated carbocycles. The van der Waals surface area contributed by atoms with Gasteiger partial charge in [0, 0.05) is 20.9 Å². The van der Waals surface area contributed by atoms with Crippen LogP contribution in [0.3, 0.4) is 0 Å². The van der Waals surface area contributed by atoms with Gasteiger partial charge in [-0.2, -0.15) is 0 Å². The molecule has 5 rings (SSSR count). The first-order valence-electron chi connectivity index (χ1n) is 11.6. The number of anilines is 2. The molecule has 3 fully saturated rings. The van der Waals surface area contributed by atoms with Crippen LogP contribution < -0.4 is 10.2 Å². The molecule has 33 heavy (non-hydrogen) atoms. The number of imide groups is 1. The Morgan fingerprint density at radius 1 is 0.939 bits per heavy atom. The smallest absolute Gasteiger partial charge is 0.255 e. The maximum atomic E-state index is 13.3. The monoisotopic (exact) mass is 572 g/mol. The van der Waals surface area contributed by atoms with Crippen molar-refractivity contribution in [3.8, 4) is 0 Å². The standard InChI is InChI=1S/C26H26Br2N2O3/c1-3-13-7-5-8-14(4-2)23(13)29-24(31)15-9-6-10-16(11-15)30-25(32)19-17-12-18(20(19)26(30)33)22(28)21(17)27/h5-11,17-22H,3-4,12H2,1-2H3,(H,29,31)/t17-,18-,19-,20-,21-,22+/m1/s1. The van der Waals surface area contributed by atoms with Crippen LogP contribution in [0.4, 0.5) is 11.4 Å². The highest BCUT2D eigenvalue weighted by Crippen LogP contribution is 2.60. The van der Waals surface area contributed by atoms with Crippen LogP contribution in [-0.4, -0.2) is 27.4 Å². The summed E-state index contributed by atoms with van der Waals surface area (Å²) in [5.41, 5.74) is 3.92. The number of fused-ring (bicyclic) bond motifs is 5. The minimum absolute atomic E-state index is 0.136. The minimum atomic E-state index is -0.276. The van der Waals surface area contributed by atoms with Crippen molar-refractivity contribution in [2.45, 2.75) is 42.8 Å². The molecule has 7 heteroatoms. The first-order chi connectivity index (χ1) is 15.9. The van der Waals surface area contributed by atoms with Gasteiger partial charge in [0.1, 0.15) is 0 Å². The third-order valence-electron chi connectivity index (χ3n) is 7.59. The highest BCUT2D eigenvalue weighted by molar-refractivity contribution is 9.12. The molecule has 2 bridgehead atoms. The third-order valence-corrected chi connectivity index (χ3v) is 10.8. The molecule has 2 aliphatic carbocycles. The van der Waals surface area contributed by atoms with Crippen LogP contribution in [0.25, 0.3) is 0 Å². The zero-order valence-corrected chi connectivity index (χ0v) is 21.7. The summed E-state index contributed by atoms with van der Waals surface area (Å²) in [6, 6.07) is 12.9. The van der Waals surface area contributed by atoms with E-state index in [4.69, 9.17) is 0 Å². The van der Waals surface area contributed by atoms with E-state index < -0.39 is 0 Å². The highest BCUT2D eigenvalue weighted by Gasteiger charge is 2.66. The van der Waals surface area contributed by atoms with E-state index in [1.165, 1.54) is 4.90 Å². The predicted octanol–water partition coefficient (Wildman–Crippen LogP) is 5.35. The fourth-order valence-electron chi connectivity index (χ4n) is 5.98. The molecule has 3 amide bonds. The Hall–Kier alpha value is -1.99. The van der Waals surface area contributed by atoms with Gasteiger partial charge in [-0.1, -0.05) is 70.0 Å². The molecule has 3 aliphatic rings. The van der Waals surface area contributed by atoms with E-state index in [1.54, 1.807) is 24.3 Å². The first-order valence-corrected chi connectivity index (χ1v) is 13.4. The van der Waals surface area contributed by atoms with Gasteiger partial charge < -0.3 is 5.32 Å². The summed E-state index contributed by atoms with van der Waals surface area (Å²) in [6.07, 6.45) is 2.52. The average molecular weight is 574 g/mol. The summed E-state index contributed by atoms with van der Waals surface area (Å²) in [7, 11) is 0. The van der Waals surface area contributed by atoms with Gasteiger partial charge in [-0.05, 0) is 60.4 Å². The second-order valence-electron chi connectivity index (χ2n) is 9.18. The lowest BCUT2D eigenvalue weighted by molar-refractivity contribution is -0.123. The number of nitrogens with zero attached hydrogens (tertiary/aromatic N) is 1. The number of amides is 3. The van der Waals surface area contributed by atoms with Crippen LogP contribution in [0.2, 0.25) is 0 Å². The SMILES string of the molecule is CCc1cccc(CC)c1NC(=O)c1cccc(N2C(=O)[C@@H]3[C@H]4C[C@@H]([C@@H](Br)[C@H]4Br)[C@H]3C2=O)c1. The fourth-order valence-corrected chi connectivity index (χ4v) is 7.85. The maximum absolute atomic E-state index is 13.3. The molecule has 0 aromatic heterocycles. The lowest BCUT2D eigenvalue weighted by Gasteiger charge is -2.28. The Kier molecular flexibility index (Phi) is 5.98. The van der Waals surface area contributed by atoms with E-state index in [0.717, 1.165) is 36.1 Å². The molecule has 1 N–H and O–H groups in total. The Bertz CT molecular complexity index is 1100. The fraction of sp³-hybridized carbons (Fsp3) is 0.423. The predicted molar refractivity (Wildman–Crippen MR) is 136 cm³/mol. The van der Waals surface area contributed by atoms with Crippen LogP contribution in [0.5, 0.6) is 0 Å². The van der Waals surface area contributed by atoms with Gasteiger partial charge in [0.05, 0.1) is 17.5 Å². The normalized spacial score (nSPS) is 30.1. The molecule has 1 heterocycles. The van der Waals surface area contributed by atoms with Crippen molar-refractivity contribution in [1.29, 1.82) is 0 Å². The van der Waals surface area contributed by atoms with Crippen LogP contribution in [0, 0.1) is 23.7 Å². The molecule has 0 spiro atoms. The summed E-state index contributed by atoms with van der Waals surface area (Å²) in [4.78, 5) is 41.6. The lowest BCUT2D eigenvalue weighted by atomic mass is 9.81. The minimum Gasteiger partial charge on any atom is -0.321 e. The Morgan fingerprint density at radius 3 is 2.03 bits per heavy atom. The van der Waals surface area contributed by atoms with Crippen LogP contribution in [0.15, 0.2) is 42.5 Å². The number of nitrogens with one attached hydrogen (secondary N) is 1. The summed E-state index contributed by atoms with van der Waals surface area (Å²) in [6.45, 7) is 4.13. The van der Waals surface area contributed by atoms with Gasteiger partial charge in [0.15, 0.2) is 0 Å². The second-order valence-corrected chi connectivity index (χ2v) is 11.3. The molecule has 0 unspecified atom stereocenters. The molecule has 172 valence electrons. The van der Waals surface area contributed by atoms with Crippen molar-refractivity contribution in [2.24, 2.45) is 23.7 Å². The van der Waals surface area contributed by atoms with Crippen LogP contribution in [-0.2, 0) is 22.4 Å². The van der Waals surface area contributed by atoms with Crippen molar-refractivity contribution in [2.75, 3.05) is 10.2 Å². The molecule has 2 aromatic carbocycles. The van der Waals surface area contributed by atoms with E-state index in [2.05, 4.69) is 51.0 Å². The number of benzene rings is 2. The number of hydrogen-bond acceptors (Lipinski definition) is 3. The summed E-state index contributed by atoms with van der Waals surface area (Å²) in [5, 5.41) is 3.07. The third kappa shape index (κ3) is 3.50. The van der Waals surface area contributed by atoms with Crippen LogP contribution in [0.1, 0.15) is 41.8 Å².